The van der Waals surface area contributed by atoms with Crippen LogP contribution in [0.25, 0.3) is 10.2 Å². The fraction of sp³-hybridized carbons (Fsp3) is 0.250. The van der Waals surface area contributed by atoms with Gasteiger partial charge in [-0.15, -0.1) is 11.3 Å². The topological polar surface area (TPSA) is 133 Å². The second kappa shape index (κ2) is 8.46. The summed E-state index contributed by atoms with van der Waals surface area (Å²) >= 11 is 1.04. The van der Waals surface area contributed by atoms with Crippen molar-refractivity contribution in [2.75, 3.05) is 5.32 Å². The lowest BCUT2D eigenvalue weighted by Crippen LogP contribution is -2.28. The summed E-state index contributed by atoms with van der Waals surface area (Å²) in [5.74, 6) is -1.60. The Morgan fingerprint density at radius 1 is 1.30 bits per heavy atom. The number of primary amides is 1. The van der Waals surface area contributed by atoms with Crippen LogP contribution in [0.5, 0.6) is 0 Å². The van der Waals surface area contributed by atoms with Gasteiger partial charge < -0.3 is 15.8 Å². The molecule has 30 heavy (non-hydrogen) atoms. The Morgan fingerprint density at radius 2 is 2.03 bits per heavy atom. The highest BCUT2D eigenvalue weighted by molar-refractivity contribution is 7.20. The van der Waals surface area contributed by atoms with E-state index in [0.717, 1.165) is 15.9 Å². The number of amides is 2. The number of carbonyl (C=O) groups is 3. The lowest BCUT2D eigenvalue weighted by molar-refractivity contribution is -0.116. The normalized spacial score (nSPS) is 10.9. The molecule has 0 aliphatic rings. The Labute approximate surface area is 175 Å². The third kappa shape index (κ3) is 4.38. The first-order valence-electron chi connectivity index (χ1n) is 9.06. The summed E-state index contributed by atoms with van der Waals surface area (Å²) in [6.45, 7) is 4.82. The van der Waals surface area contributed by atoms with Gasteiger partial charge in [0.15, 0.2) is 0 Å². The predicted octanol–water partition coefficient (Wildman–Crippen LogP) is 2.07. The van der Waals surface area contributed by atoms with E-state index in [4.69, 9.17) is 10.5 Å². The molecule has 0 unspecified atom stereocenters. The molecule has 0 aliphatic carbocycles. The molecule has 0 saturated carbocycles. The summed E-state index contributed by atoms with van der Waals surface area (Å²) in [4.78, 5) is 53.5. The monoisotopic (exact) mass is 428 g/mol. The van der Waals surface area contributed by atoms with E-state index in [1.54, 1.807) is 39.0 Å². The Morgan fingerprint density at radius 3 is 2.70 bits per heavy atom. The minimum absolute atomic E-state index is 0.263. The highest BCUT2D eigenvalue weighted by Gasteiger charge is 2.18. The average Bonchev–Trinajstić information content (AvgIpc) is 3.01. The molecule has 0 atom stereocenters. The summed E-state index contributed by atoms with van der Waals surface area (Å²) in [7, 11) is 0. The third-order valence-corrected chi connectivity index (χ3v) is 5.39. The van der Waals surface area contributed by atoms with E-state index in [1.165, 1.54) is 12.4 Å². The average molecular weight is 428 g/mol. The molecule has 0 radical (unpaired) electrons. The SMILES string of the molecule is Cc1c(C(N)=O)sc2ncn(CC(=O)Nc3cccc(C(=O)OC(C)C)c3)c(=O)c12. The molecule has 3 N–H and O–H groups in total. The van der Waals surface area contributed by atoms with Crippen LogP contribution in [-0.2, 0) is 16.1 Å². The molecule has 3 rings (SSSR count). The quantitative estimate of drug-likeness (QED) is 0.578. The smallest absolute Gasteiger partial charge is 0.338 e. The number of aromatic nitrogens is 2. The lowest BCUT2D eigenvalue weighted by Gasteiger charge is -2.10. The third-order valence-electron chi connectivity index (χ3n) is 4.18. The van der Waals surface area contributed by atoms with Gasteiger partial charge in [-0.25, -0.2) is 9.78 Å². The van der Waals surface area contributed by atoms with E-state index in [9.17, 15) is 19.2 Å². The van der Waals surface area contributed by atoms with Gasteiger partial charge in [-0.2, -0.15) is 0 Å². The van der Waals surface area contributed by atoms with E-state index in [0.29, 0.717) is 21.6 Å². The maximum atomic E-state index is 12.8. The Balaban J connectivity index is 1.80. The second-order valence-corrected chi connectivity index (χ2v) is 7.86. The molecule has 10 heteroatoms. The van der Waals surface area contributed by atoms with Crippen molar-refractivity contribution in [3.63, 3.8) is 0 Å². The van der Waals surface area contributed by atoms with Crippen molar-refractivity contribution < 1.29 is 19.1 Å². The summed E-state index contributed by atoms with van der Waals surface area (Å²) in [6, 6.07) is 6.32. The largest absolute Gasteiger partial charge is 0.459 e. The molecule has 156 valence electrons. The zero-order chi connectivity index (χ0) is 22.0. The standard InChI is InChI=1S/C20H20N4O5S/c1-10(2)29-20(28)12-5-4-6-13(7-12)23-14(25)8-24-9-22-18-15(19(24)27)11(3)16(30-18)17(21)26/h4-7,9-10H,8H2,1-3H3,(H2,21,26)(H,23,25). The number of nitrogens with zero attached hydrogens (tertiary/aromatic N) is 2. The van der Waals surface area contributed by atoms with Crippen LogP contribution in [0.4, 0.5) is 5.69 Å². The van der Waals surface area contributed by atoms with Crippen molar-refractivity contribution >= 4 is 45.0 Å². The van der Waals surface area contributed by atoms with Crippen molar-refractivity contribution in [2.45, 2.75) is 33.4 Å². The van der Waals surface area contributed by atoms with Crippen LogP contribution in [-0.4, -0.2) is 33.4 Å². The fourth-order valence-corrected chi connectivity index (χ4v) is 3.86. The van der Waals surface area contributed by atoms with Gasteiger partial charge in [-0.1, -0.05) is 6.07 Å². The van der Waals surface area contributed by atoms with Crippen molar-refractivity contribution in [1.82, 2.24) is 9.55 Å². The van der Waals surface area contributed by atoms with Crippen molar-refractivity contribution in [3.05, 3.63) is 57.0 Å². The van der Waals surface area contributed by atoms with Gasteiger partial charge in [0.25, 0.3) is 11.5 Å². The number of rotatable bonds is 6. The molecule has 0 aliphatic heterocycles. The van der Waals surface area contributed by atoms with E-state index in [-0.39, 0.29) is 22.9 Å². The molecule has 9 nitrogen and oxygen atoms in total. The Kier molecular flexibility index (Phi) is 5.97. The van der Waals surface area contributed by atoms with E-state index < -0.39 is 23.3 Å². The van der Waals surface area contributed by atoms with Gasteiger partial charge in [0.1, 0.15) is 11.4 Å². The molecule has 0 saturated heterocycles. The lowest BCUT2D eigenvalue weighted by atomic mass is 10.2. The number of benzene rings is 1. The van der Waals surface area contributed by atoms with Crippen LogP contribution in [0.3, 0.4) is 0 Å². The number of ether oxygens (including phenoxy) is 1. The maximum absolute atomic E-state index is 12.8. The molecule has 1 aromatic carbocycles. The number of nitrogens with two attached hydrogens (primary N) is 1. The van der Waals surface area contributed by atoms with Crippen LogP contribution >= 0.6 is 11.3 Å². The van der Waals surface area contributed by atoms with Gasteiger partial charge >= 0.3 is 5.97 Å². The summed E-state index contributed by atoms with van der Waals surface area (Å²) in [5.41, 5.74) is 6.03. The number of aryl methyl sites for hydroxylation is 1. The van der Waals surface area contributed by atoms with E-state index in [1.807, 2.05) is 0 Å². The first kappa shape index (κ1) is 21.2. The molecule has 0 spiro atoms. The van der Waals surface area contributed by atoms with Crippen LogP contribution in [0.1, 0.15) is 39.4 Å². The maximum Gasteiger partial charge on any atom is 0.338 e. The van der Waals surface area contributed by atoms with Gasteiger partial charge in [-0.05, 0) is 44.5 Å². The van der Waals surface area contributed by atoms with Gasteiger partial charge in [0, 0.05) is 5.69 Å². The molecule has 2 amide bonds. The number of thiophene rings is 1. The van der Waals surface area contributed by atoms with Crippen molar-refractivity contribution in [1.29, 1.82) is 0 Å². The van der Waals surface area contributed by atoms with Crippen molar-refractivity contribution in [3.8, 4) is 0 Å². The zero-order valence-corrected chi connectivity index (χ0v) is 17.4. The van der Waals surface area contributed by atoms with Gasteiger partial charge in [-0.3, -0.25) is 19.0 Å². The summed E-state index contributed by atoms with van der Waals surface area (Å²) in [6.07, 6.45) is 0.988. The minimum Gasteiger partial charge on any atom is -0.459 e. The summed E-state index contributed by atoms with van der Waals surface area (Å²) < 4.78 is 6.29. The number of anilines is 1. The Hall–Kier alpha value is -3.53. The molecule has 3 aromatic rings. The predicted molar refractivity (Wildman–Crippen MR) is 113 cm³/mol. The van der Waals surface area contributed by atoms with E-state index in [2.05, 4.69) is 10.3 Å². The number of nitrogens with one attached hydrogen (secondary N) is 1. The zero-order valence-electron chi connectivity index (χ0n) is 16.6. The number of fused-ring (bicyclic) bond motifs is 1. The number of hydrogen-bond donors (Lipinski definition) is 2. The highest BCUT2D eigenvalue weighted by Crippen LogP contribution is 2.26. The molecule has 0 fully saturated rings. The highest BCUT2D eigenvalue weighted by atomic mass is 32.1. The van der Waals surface area contributed by atoms with Gasteiger partial charge in [0.2, 0.25) is 5.91 Å². The second-order valence-electron chi connectivity index (χ2n) is 6.86. The molecule has 2 heterocycles. The number of hydrogen-bond acceptors (Lipinski definition) is 7. The van der Waals surface area contributed by atoms with Gasteiger partial charge in [0.05, 0.1) is 28.3 Å². The number of esters is 1. The molecule has 2 aromatic heterocycles. The van der Waals surface area contributed by atoms with E-state index >= 15 is 0 Å². The first-order chi connectivity index (χ1) is 14.2. The van der Waals surface area contributed by atoms with Crippen LogP contribution in [0.2, 0.25) is 0 Å². The summed E-state index contributed by atoms with van der Waals surface area (Å²) in [5, 5.41) is 2.91. The van der Waals surface area contributed by atoms with Crippen LogP contribution < -0.4 is 16.6 Å². The first-order valence-corrected chi connectivity index (χ1v) is 9.88. The molecular formula is C20H20N4O5S. The van der Waals surface area contributed by atoms with Crippen molar-refractivity contribution in [2.24, 2.45) is 5.73 Å². The molecule has 0 bridgehead atoms. The van der Waals surface area contributed by atoms with Crippen LogP contribution in [0.15, 0.2) is 35.4 Å². The van der Waals surface area contributed by atoms with Crippen LogP contribution in [0, 0.1) is 6.92 Å². The minimum atomic E-state index is -0.630. The molecular weight excluding hydrogens is 408 g/mol. The Bertz CT molecular complexity index is 1210. The fourth-order valence-electron chi connectivity index (χ4n) is 2.87. The number of carbonyl (C=O) groups excluding carboxylic acids is 3.